The standard InChI is InChI=1S/C17H14ClF2NOS/c18-13-6-2-1-5-10(13)11-9-12(11)16(22)21-14-7-3-4-8-15(14)23-17(19)20/h1-8,11-12,17H,9H2,(H,21,22). The Hall–Kier alpha value is -1.59. The fourth-order valence-electron chi connectivity index (χ4n) is 2.60. The summed E-state index contributed by atoms with van der Waals surface area (Å²) in [5.74, 6) is -2.75. The SMILES string of the molecule is O=C(Nc1ccccc1SC(F)F)C1CC1c1ccccc1Cl. The summed E-state index contributed by atoms with van der Waals surface area (Å²) in [6, 6.07) is 14.1. The first kappa shape index (κ1) is 16.3. The summed E-state index contributed by atoms with van der Waals surface area (Å²) in [6.07, 6.45) is 0.722. The van der Waals surface area contributed by atoms with E-state index < -0.39 is 5.76 Å². The molecule has 120 valence electrons. The molecular formula is C17H14ClF2NOS. The van der Waals surface area contributed by atoms with Gasteiger partial charge < -0.3 is 5.32 Å². The second-order valence-electron chi connectivity index (χ2n) is 5.33. The molecule has 1 saturated carbocycles. The number of para-hydroxylation sites is 1. The van der Waals surface area contributed by atoms with Gasteiger partial charge >= 0.3 is 0 Å². The van der Waals surface area contributed by atoms with Gasteiger partial charge in [0.15, 0.2) is 0 Å². The Bertz CT molecular complexity index is 725. The Morgan fingerprint density at radius 1 is 1.17 bits per heavy atom. The van der Waals surface area contributed by atoms with Crippen LogP contribution in [0, 0.1) is 5.92 Å². The lowest BCUT2D eigenvalue weighted by Crippen LogP contribution is -2.15. The van der Waals surface area contributed by atoms with Gasteiger partial charge in [0.2, 0.25) is 5.91 Å². The molecular weight excluding hydrogens is 340 g/mol. The highest BCUT2D eigenvalue weighted by molar-refractivity contribution is 7.99. The molecule has 6 heteroatoms. The lowest BCUT2D eigenvalue weighted by Gasteiger charge is -2.10. The smallest absolute Gasteiger partial charge is 0.288 e. The van der Waals surface area contributed by atoms with E-state index in [4.69, 9.17) is 11.6 Å². The van der Waals surface area contributed by atoms with Crippen LogP contribution in [0.3, 0.4) is 0 Å². The fraction of sp³-hybridized carbons (Fsp3) is 0.235. The third-order valence-electron chi connectivity index (χ3n) is 3.79. The van der Waals surface area contributed by atoms with Crippen molar-refractivity contribution in [1.29, 1.82) is 0 Å². The summed E-state index contributed by atoms with van der Waals surface area (Å²) in [4.78, 5) is 12.7. The third kappa shape index (κ3) is 3.85. The number of carbonyl (C=O) groups is 1. The van der Waals surface area contributed by atoms with Crippen LogP contribution in [0.15, 0.2) is 53.4 Å². The zero-order valence-electron chi connectivity index (χ0n) is 12.0. The molecule has 0 spiro atoms. The number of rotatable bonds is 5. The monoisotopic (exact) mass is 353 g/mol. The molecule has 2 atom stereocenters. The first-order valence-electron chi connectivity index (χ1n) is 7.15. The van der Waals surface area contributed by atoms with Crippen LogP contribution in [0.25, 0.3) is 0 Å². The predicted molar refractivity (Wildman–Crippen MR) is 89.2 cm³/mol. The Balaban J connectivity index is 1.69. The van der Waals surface area contributed by atoms with Gasteiger partial charge in [0, 0.05) is 15.8 Å². The molecule has 1 amide bonds. The van der Waals surface area contributed by atoms with Crippen molar-refractivity contribution in [1.82, 2.24) is 0 Å². The second kappa shape index (κ2) is 6.89. The molecule has 1 N–H and O–H groups in total. The first-order chi connectivity index (χ1) is 11.1. The molecule has 1 aliphatic carbocycles. The predicted octanol–water partition coefficient (Wildman–Crippen LogP) is 5.40. The van der Waals surface area contributed by atoms with E-state index in [0.717, 1.165) is 12.0 Å². The van der Waals surface area contributed by atoms with Crippen LogP contribution < -0.4 is 5.32 Å². The van der Waals surface area contributed by atoms with E-state index in [1.54, 1.807) is 30.3 Å². The number of amides is 1. The maximum Gasteiger partial charge on any atom is 0.288 e. The van der Waals surface area contributed by atoms with Gasteiger partial charge in [0.1, 0.15) is 0 Å². The van der Waals surface area contributed by atoms with Crippen molar-refractivity contribution >= 4 is 35.0 Å². The molecule has 0 bridgehead atoms. The minimum Gasteiger partial charge on any atom is -0.325 e. The van der Waals surface area contributed by atoms with Gasteiger partial charge in [-0.05, 0) is 36.1 Å². The van der Waals surface area contributed by atoms with Crippen molar-refractivity contribution in [3.05, 3.63) is 59.1 Å². The molecule has 0 radical (unpaired) electrons. The van der Waals surface area contributed by atoms with Crippen molar-refractivity contribution in [2.75, 3.05) is 5.32 Å². The average Bonchev–Trinajstić information content (AvgIpc) is 3.29. The second-order valence-corrected chi connectivity index (χ2v) is 6.77. The Kier molecular flexibility index (Phi) is 4.87. The number of carbonyl (C=O) groups excluding carboxylic acids is 1. The largest absolute Gasteiger partial charge is 0.325 e. The summed E-state index contributed by atoms with van der Waals surface area (Å²) in [6.45, 7) is 0. The Labute approximate surface area is 142 Å². The summed E-state index contributed by atoms with van der Waals surface area (Å²) in [5.41, 5.74) is 1.39. The number of halogens is 3. The van der Waals surface area contributed by atoms with Gasteiger partial charge in [-0.25, -0.2) is 0 Å². The van der Waals surface area contributed by atoms with Crippen LogP contribution in [0.2, 0.25) is 5.02 Å². The van der Waals surface area contributed by atoms with Gasteiger partial charge in [0.05, 0.1) is 5.69 Å². The molecule has 1 fully saturated rings. The van der Waals surface area contributed by atoms with Crippen molar-refractivity contribution in [2.24, 2.45) is 5.92 Å². The van der Waals surface area contributed by atoms with E-state index in [0.29, 0.717) is 27.4 Å². The molecule has 23 heavy (non-hydrogen) atoms. The third-order valence-corrected chi connectivity index (χ3v) is 4.93. The molecule has 0 heterocycles. The molecule has 0 aliphatic heterocycles. The summed E-state index contributed by atoms with van der Waals surface area (Å²) in [5, 5.41) is 3.41. The number of alkyl halides is 2. The van der Waals surface area contributed by atoms with E-state index in [9.17, 15) is 13.6 Å². The number of anilines is 1. The molecule has 2 nitrogen and oxygen atoms in total. The number of hydrogen-bond acceptors (Lipinski definition) is 2. The zero-order chi connectivity index (χ0) is 16.4. The summed E-state index contributed by atoms with van der Waals surface area (Å²) < 4.78 is 25.1. The van der Waals surface area contributed by atoms with Crippen LogP contribution in [0.5, 0.6) is 0 Å². The molecule has 2 aromatic carbocycles. The van der Waals surface area contributed by atoms with Crippen molar-refractivity contribution in [3.63, 3.8) is 0 Å². The average molecular weight is 354 g/mol. The van der Waals surface area contributed by atoms with Gasteiger partial charge in [0.25, 0.3) is 5.76 Å². The van der Waals surface area contributed by atoms with Crippen LogP contribution >= 0.6 is 23.4 Å². The van der Waals surface area contributed by atoms with E-state index in [-0.39, 0.29) is 17.7 Å². The van der Waals surface area contributed by atoms with Crippen molar-refractivity contribution in [2.45, 2.75) is 23.0 Å². The van der Waals surface area contributed by atoms with E-state index in [1.807, 2.05) is 18.2 Å². The lowest BCUT2D eigenvalue weighted by molar-refractivity contribution is -0.117. The lowest BCUT2D eigenvalue weighted by atomic mass is 10.1. The van der Waals surface area contributed by atoms with E-state index in [2.05, 4.69) is 5.32 Å². The molecule has 0 aromatic heterocycles. The van der Waals surface area contributed by atoms with Crippen molar-refractivity contribution < 1.29 is 13.6 Å². The van der Waals surface area contributed by atoms with Crippen LogP contribution in [-0.2, 0) is 4.79 Å². The number of hydrogen-bond donors (Lipinski definition) is 1. The fourth-order valence-corrected chi connectivity index (χ4v) is 3.47. The van der Waals surface area contributed by atoms with Gasteiger partial charge in [-0.1, -0.05) is 53.7 Å². The van der Waals surface area contributed by atoms with Gasteiger partial charge in [-0.15, -0.1) is 0 Å². The Morgan fingerprint density at radius 2 is 1.87 bits per heavy atom. The first-order valence-corrected chi connectivity index (χ1v) is 8.41. The number of benzene rings is 2. The topological polar surface area (TPSA) is 29.1 Å². The van der Waals surface area contributed by atoms with Gasteiger partial charge in [-0.2, -0.15) is 8.78 Å². The van der Waals surface area contributed by atoms with E-state index >= 15 is 0 Å². The van der Waals surface area contributed by atoms with Crippen LogP contribution in [0.1, 0.15) is 17.9 Å². The minimum atomic E-state index is -2.52. The maximum absolute atomic E-state index is 12.6. The van der Waals surface area contributed by atoms with Crippen molar-refractivity contribution in [3.8, 4) is 0 Å². The molecule has 2 aromatic rings. The highest BCUT2D eigenvalue weighted by Gasteiger charge is 2.44. The normalized spacial score (nSPS) is 19.7. The number of thioether (sulfide) groups is 1. The minimum absolute atomic E-state index is 0.0959. The molecule has 2 unspecified atom stereocenters. The maximum atomic E-state index is 12.6. The highest BCUT2D eigenvalue weighted by atomic mass is 35.5. The number of nitrogens with one attached hydrogen (secondary N) is 1. The summed E-state index contributed by atoms with van der Waals surface area (Å²) >= 11 is 6.58. The van der Waals surface area contributed by atoms with Crippen LogP contribution in [0.4, 0.5) is 14.5 Å². The molecule has 0 saturated heterocycles. The highest BCUT2D eigenvalue weighted by Crippen LogP contribution is 2.50. The van der Waals surface area contributed by atoms with Crippen LogP contribution in [-0.4, -0.2) is 11.7 Å². The molecule has 1 aliphatic rings. The quantitative estimate of drug-likeness (QED) is 0.729. The van der Waals surface area contributed by atoms with Gasteiger partial charge in [-0.3, -0.25) is 4.79 Å². The van der Waals surface area contributed by atoms with E-state index in [1.165, 1.54) is 0 Å². The zero-order valence-corrected chi connectivity index (χ0v) is 13.6. The summed E-state index contributed by atoms with van der Waals surface area (Å²) in [7, 11) is 0. The Morgan fingerprint density at radius 3 is 2.61 bits per heavy atom. The molecule has 3 rings (SSSR count).